The summed E-state index contributed by atoms with van der Waals surface area (Å²) in [6.07, 6.45) is -0.432. The highest BCUT2D eigenvalue weighted by Gasteiger charge is 2.15. The zero-order valence-electron chi connectivity index (χ0n) is 12.4. The first kappa shape index (κ1) is 14.9. The van der Waals surface area contributed by atoms with Crippen molar-refractivity contribution in [2.45, 2.75) is 32.9 Å². The third kappa shape index (κ3) is 4.52. The molecule has 0 aliphatic carbocycles. The number of carbonyl (C=O) groups excluding carboxylic acids is 1. The highest BCUT2D eigenvalue weighted by Crippen LogP contribution is 2.19. The van der Waals surface area contributed by atoms with Crippen molar-refractivity contribution >= 4 is 11.9 Å². The van der Waals surface area contributed by atoms with Crippen LogP contribution in [-0.2, 0) is 11.3 Å². The Hall–Kier alpha value is -2.50. The van der Waals surface area contributed by atoms with Crippen molar-refractivity contribution in [1.82, 2.24) is 15.5 Å². The fourth-order valence-corrected chi connectivity index (χ4v) is 1.82. The van der Waals surface area contributed by atoms with Gasteiger partial charge in [-0.15, -0.1) is 0 Å². The average molecular weight is 288 g/mol. The topological polar surface area (TPSA) is 93.0 Å². The van der Waals surface area contributed by atoms with E-state index in [1.165, 1.54) is 0 Å². The molecule has 0 atom stereocenters. The van der Waals surface area contributed by atoms with E-state index in [1.54, 1.807) is 6.07 Å². The lowest BCUT2D eigenvalue weighted by molar-refractivity contribution is 0.0523. The standard InChI is InChI=1S/C15H20N4O2/c1-15(2,3)21-14(20)17-9-10-5-4-6-11(7-10)12-8-13(16)19-18-12/h4-8H,9H2,1-3H3,(H,17,20)(H3,16,18,19). The number of hydrogen-bond donors (Lipinski definition) is 3. The van der Waals surface area contributed by atoms with Crippen LogP contribution < -0.4 is 11.1 Å². The Kier molecular flexibility index (Phi) is 4.16. The lowest BCUT2D eigenvalue weighted by atomic mass is 10.1. The van der Waals surface area contributed by atoms with E-state index in [-0.39, 0.29) is 0 Å². The summed E-state index contributed by atoms with van der Waals surface area (Å²) >= 11 is 0. The predicted octanol–water partition coefficient (Wildman–Crippen LogP) is 2.68. The molecule has 1 heterocycles. The molecule has 2 rings (SSSR count). The number of H-pyrrole nitrogens is 1. The number of nitrogens with one attached hydrogen (secondary N) is 2. The Morgan fingerprint density at radius 2 is 2.14 bits per heavy atom. The molecule has 4 N–H and O–H groups in total. The molecular weight excluding hydrogens is 268 g/mol. The third-order valence-corrected chi connectivity index (χ3v) is 2.67. The number of anilines is 1. The van der Waals surface area contributed by atoms with Crippen molar-refractivity contribution < 1.29 is 9.53 Å². The van der Waals surface area contributed by atoms with E-state index < -0.39 is 11.7 Å². The van der Waals surface area contributed by atoms with E-state index >= 15 is 0 Å². The molecule has 1 amide bonds. The molecule has 1 aromatic heterocycles. The van der Waals surface area contributed by atoms with Crippen LogP contribution in [0.1, 0.15) is 26.3 Å². The summed E-state index contributed by atoms with van der Waals surface area (Å²) < 4.78 is 5.19. The maximum absolute atomic E-state index is 11.6. The molecule has 0 bridgehead atoms. The maximum atomic E-state index is 11.6. The van der Waals surface area contributed by atoms with Gasteiger partial charge in [-0.1, -0.05) is 18.2 Å². The quantitative estimate of drug-likeness (QED) is 0.809. The number of amides is 1. The zero-order valence-corrected chi connectivity index (χ0v) is 12.4. The lowest BCUT2D eigenvalue weighted by Crippen LogP contribution is -2.32. The average Bonchev–Trinajstić information content (AvgIpc) is 2.82. The minimum absolute atomic E-state index is 0.395. The number of ether oxygens (including phenoxy) is 1. The number of aromatic amines is 1. The SMILES string of the molecule is CC(C)(C)OC(=O)NCc1cccc(-c2cc(N)n[nH]2)c1. The molecule has 2 aromatic rings. The van der Waals surface area contributed by atoms with Crippen LogP contribution in [0.4, 0.5) is 10.6 Å². The fourth-order valence-electron chi connectivity index (χ4n) is 1.82. The number of aromatic nitrogens is 2. The lowest BCUT2D eigenvalue weighted by Gasteiger charge is -2.19. The van der Waals surface area contributed by atoms with Gasteiger partial charge < -0.3 is 15.8 Å². The van der Waals surface area contributed by atoms with Crippen LogP contribution in [0, 0.1) is 0 Å². The minimum atomic E-state index is -0.501. The summed E-state index contributed by atoms with van der Waals surface area (Å²) in [6.45, 7) is 5.88. The van der Waals surface area contributed by atoms with Gasteiger partial charge in [0.25, 0.3) is 0 Å². The number of hydrogen-bond acceptors (Lipinski definition) is 4. The van der Waals surface area contributed by atoms with Gasteiger partial charge in [-0.3, -0.25) is 5.10 Å². The normalized spacial score (nSPS) is 11.2. The number of nitrogens with two attached hydrogens (primary N) is 1. The van der Waals surface area contributed by atoms with Crippen molar-refractivity contribution in [2.24, 2.45) is 0 Å². The van der Waals surface area contributed by atoms with Gasteiger partial charge in [-0.25, -0.2) is 4.79 Å². The first-order valence-corrected chi connectivity index (χ1v) is 6.70. The second-order valence-corrected chi connectivity index (χ2v) is 5.76. The molecule has 6 nitrogen and oxygen atoms in total. The van der Waals surface area contributed by atoms with E-state index in [2.05, 4.69) is 15.5 Å². The van der Waals surface area contributed by atoms with Gasteiger partial charge in [0.05, 0.1) is 5.69 Å². The summed E-state index contributed by atoms with van der Waals surface area (Å²) in [5.74, 6) is 0.447. The van der Waals surface area contributed by atoms with Crippen LogP contribution in [0.25, 0.3) is 11.3 Å². The Balaban J connectivity index is 2.00. The van der Waals surface area contributed by atoms with Crippen LogP contribution >= 0.6 is 0 Å². The highest BCUT2D eigenvalue weighted by atomic mass is 16.6. The van der Waals surface area contributed by atoms with E-state index in [0.29, 0.717) is 12.4 Å². The zero-order chi connectivity index (χ0) is 15.5. The van der Waals surface area contributed by atoms with E-state index in [1.807, 2.05) is 45.0 Å². The largest absolute Gasteiger partial charge is 0.444 e. The van der Waals surface area contributed by atoms with Crippen LogP contribution in [0.5, 0.6) is 0 Å². The van der Waals surface area contributed by atoms with E-state index in [9.17, 15) is 4.79 Å². The molecule has 112 valence electrons. The number of benzene rings is 1. The van der Waals surface area contributed by atoms with Crippen LogP contribution in [-0.4, -0.2) is 21.9 Å². The van der Waals surface area contributed by atoms with Crippen molar-refractivity contribution in [3.63, 3.8) is 0 Å². The van der Waals surface area contributed by atoms with Gasteiger partial charge in [0.1, 0.15) is 11.4 Å². The molecule has 0 radical (unpaired) electrons. The molecule has 6 heteroatoms. The van der Waals surface area contributed by atoms with E-state index in [4.69, 9.17) is 10.5 Å². The number of nitrogens with zero attached hydrogens (tertiary/aromatic N) is 1. The molecule has 0 saturated heterocycles. The highest BCUT2D eigenvalue weighted by molar-refractivity contribution is 5.68. The Labute approximate surface area is 123 Å². The molecule has 0 spiro atoms. The molecule has 0 aliphatic heterocycles. The van der Waals surface area contributed by atoms with Crippen LogP contribution in [0.2, 0.25) is 0 Å². The summed E-state index contributed by atoms with van der Waals surface area (Å²) in [5, 5.41) is 9.49. The van der Waals surface area contributed by atoms with Gasteiger partial charge in [0.15, 0.2) is 0 Å². The first-order valence-electron chi connectivity index (χ1n) is 6.70. The monoisotopic (exact) mass is 288 g/mol. The summed E-state index contributed by atoms with van der Waals surface area (Å²) in [6, 6.07) is 9.52. The van der Waals surface area contributed by atoms with Gasteiger partial charge in [-0.05, 0) is 38.0 Å². The fraction of sp³-hybridized carbons (Fsp3) is 0.333. The third-order valence-electron chi connectivity index (χ3n) is 2.67. The van der Waals surface area contributed by atoms with Gasteiger partial charge in [0.2, 0.25) is 0 Å². The van der Waals surface area contributed by atoms with Crippen LogP contribution in [0.3, 0.4) is 0 Å². The minimum Gasteiger partial charge on any atom is -0.444 e. The van der Waals surface area contributed by atoms with Crippen molar-refractivity contribution in [1.29, 1.82) is 0 Å². The number of rotatable bonds is 3. The first-order chi connectivity index (χ1) is 9.83. The van der Waals surface area contributed by atoms with Gasteiger partial charge >= 0.3 is 6.09 Å². The Bertz CT molecular complexity index is 629. The summed E-state index contributed by atoms with van der Waals surface area (Å²) in [7, 11) is 0. The number of carbonyl (C=O) groups is 1. The number of alkyl carbamates (subject to hydrolysis) is 1. The van der Waals surface area contributed by atoms with Crippen molar-refractivity contribution in [3.05, 3.63) is 35.9 Å². The Morgan fingerprint density at radius 1 is 1.38 bits per heavy atom. The molecule has 0 saturated carbocycles. The summed E-state index contributed by atoms with van der Waals surface area (Å²) in [5.41, 5.74) is 7.86. The second kappa shape index (κ2) is 5.87. The molecule has 0 aliphatic rings. The molecule has 21 heavy (non-hydrogen) atoms. The van der Waals surface area contributed by atoms with Crippen molar-refractivity contribution in [2.75, 3.05) is 5.73 Å². The second-order valence-electron chi connectivity index (χ2n) is 5.76. The smallest absolute Gasteiger partial charge is 0.407 e. The molecule has 0 fully saturated rings. The predicted molar refractivity (Wildman–Crippen MR) is 81.5 cm³/mol. The summed E-state index contributed by atoms with van der Waals surface area (Å²) in [4.78, 5) is 11.6. The van der Waals surface area contributed by atoms with Crippen LogP contribution in [0.15, 0.2) is 30.3 Å². The van der Waals surface area contributed by atoms with Gasteiger partial charge in [-0.2, -0.15) is 5.10 Å². The molecule has 0 unspecified atom stereocenters. The van der Waals surface area contributed by atoms with Crippen molar-refractivity contribution in [3.8, 4) is 11.3 Å². The van der Waals surface area contributed by atoms with Gasteiger partial charge in [0, 0.05) is 12.6 Å². The maximum Gasteiger partial charge on any atom is 0.407 e. The van der Waals surface area contributed by atoms with E-state index in [0.717, 1.165) is 16.8 Å². The Morgan fingerprint density at radius 3 is 2.76 bits per heavy atom. The number of nitrogen functional groups attached to an aromatic ring is 1. The molecular formula is C15H20N4O2. The molecule has 1 aromatic carbocycles.